The van der Waals surface area contributed by atoms with Gasteiger partial charge >= 0.3 is 0 Å². The van der Waals surface area contributed by atoms with E-state index >= 15 is 0 Å². The van der Waals surface area contributed by atoms with Gasteiger partial charge in [0.25, 0.3) is 0 Å². The molecule has 0 bridgehead atoms. The van der Waals surface area contributed by atoms with Crippen molar-refractivity contribution in [2.45, 2.75) is 19.4 Å². The summed E-state index contributed by atoms with van der Waals surface area (Å²) >= 11 is 5.43. The number of halogens is 1. The highest BCUT2D eigenvalue weighted by molar-refractivity contribution is 7.91. The molecule has 1 aliphatic heterocycles. The lowest BCUT2D eigenvalue weighted by molar-refractivity contribution is -0.114. The molecular weight excluding hydrogens is 278 g/mol. The van der Waals surface area contributed by atoms with Gasteiger partial charge in [-0.1, -0.05) is 0 Å². The van der Waals surface area contributed by atoms with Crippen LogP contribution in [0.1, 0.15) is 18.2 Å². The monoisotopic (exact) mass is 291 g/mol. The SMILES string of the molecule is Cc1cc(NC(=O)CCl)n([C@@H]2CCS(=O)(=O)C2)n1. The molecule has 1 aromatic heterocycles. The Morgan fingerprint density at radius 3 is 2.94 bits per heavy atom. The maximum atomic E-state index is 11.5. The van der Waals surface area contributed by atoms with E-state index in [1.165, 1.54) is 0 Å². The highest BCUT2D eigenvalue weighted by Crippen LogP contribution is 2.27. The number of aromatic nitrogens is 2. The van der Waals surface area contributed by atoms with Crippen molar-refractivity contribution < 1.29 is 13.2 Å². The van der Waals surface area contributed by atoms with Gasteiger partial charge in [-0.2, -0.15) is 5.10 Å². The quantitative estimate of drug-likeness (QED) is 0.833. The summed E-state index contributed by atoms with van der Waals surface area (Å²) in [5, 5.41) is 6.86. The van der Waals surface area contributed by atoms with Crippen molar-refractivity contribution in [2.75, 3.05) is 22.7 Å². The third kappa shape index (κ3) is 2.84. The molecule has 6 nitrogen and oxygen atoms in total. The Labute approximate surface area is 110 Å². The zero-order valence-electron chi connectivity index (χ0n) is 9.89. The largest absolute Gasteiger partial charge is 0.310 e. The second kappa shape index (κ2) is 4.89. The lowest BCUT2D eigenvalue weighted by Gasteiger charge is -2.13. The van der Waals surface area contributed by atoms with Crippen LogP contribution in [0.5, 0.6) is 0 Å². The predicted molar refractivity (Wildman–Crippen MR) is 68.6 cm³/mol. The van der Waals surface area contributed by atoms with E-state index < -0.39 is 9.84 Å². The Balaban J connectivity index is 2.25. The van der Waals surface area contributed by atoms with Crippen molar-refractivity contribution in [2.24, 2.45) is 0 Å². The molecule has 0 unspecified atom stereocenters. The fourth-order valence-electron chi connectivity index (χ4n) is 2.03. The van der Waals surface area contributed by atoms with Gasteiger partial charge < -0.3 is 5.32 Å². The second-order valence-corrected chi connectivity index (χ2v) is 6.85. The molecule has 0 aromatic carbocycles. The van der Waals surface area contributed by atoms with E-state index in [9.17, 15) is 13.2 Å². The maximum Gasteiger partial charge on any atom is 0.240 e. The number of aryl methyl sites for hydroxylation is 1. The fraction of sp³-hybridized carbons (Fsp3) is 0.600. The Hall–Kier alpha value is -1.08. The number of amides is 1. The molecule has 0 spiro atoms. The third-order valence-corrected chi connectivity index (χ3v) is 4.79. The zero-order valence-corrected chi connectivity index (χ0v) is 11.5. The maximum absolute atomic E-state index is 11.5. The van der Waals surface area contributed by atoms with Crippen LogP contribution in [0.2, 0.25) is 0 Å². The van der Waals surface area contributed by atoms with Gasteiger partial charge in [-0.15, -0.1) is 11.6 Å². The van der Waals surface area contributed by atoms with Gasteiger partial charge in [-0.25, -0.2) is 13.1 Å². The van der Waals surface area contributed by atoms with Crippen LogP contribution in [0.3, 0.4) is 0 Å². The minimum Gasteiger partial charge on any atom is -0.310 e. The first-order valence-electron chi connectivity index (χ1n) is 5.53. The van der Waals surface area contributed by atoms with E-state index in [0.717, 1.165) is 5.69 Å². The van der Waals surface area contributed by atoms with Crippen molar-refractivity contribution in [3.05, 3.63) is 11.8 Å². The van der Waals surface area contributed by atoms with E-state index in [2.05, 4.69) is 10.4 Å². The molecule has 1 fully saturated rings. The average molecular weight is 292 g/mol. The molecule has 2 rings (SSSR count). The lowest BCUT2D eigenvalue weighted by Crippen LogP contribution is -2.20. The first-order valence-corrected chi connectivity index (χ1v) is 7.89. The molecule has 100 valence electrons. The van der Waals surface area contributed by atoms with Crippen LogP contribution in [0, 0.1) is 6.92 Å². The van der Waals surface area contributed by atoms with Crippen LogP contribution in [-0.4, -0.2) is 41.5 Å². The number of nitrogens with zero attached hydrogens (tertiary/aromatic N) is 2. The number of nitrogens with one attached hydrogen (secondary N) is 1. The Bertz CT molecular complexity index is 567. The third-order valence-electron chi connectivity index (χ3n) is 2.80. The standard InChI is InChI=1S/C10H14ClN3O3S/c1-7-4-9(12-10(15)5-11)14(13-7)8-2-3-18(16,17)6-8/h4,8H,2-3,5-6H2,1H3,(H,12,15)/t8-/m1/s1. The number of hydrogen-bond acceptors (Lipinski definition) is 4. The number of sulfone groups is 1. The summed E-state index contributed by atoms with van der Waals surface area (Å²) in [7, 11) is -2.98. The summed E-state index contributed by atoms with van der Waals surface area (Å²) in [5.41, 5.74) is 0.726. The van der Waals surface area contributed by atoms with Crippen LogP contribution < -0.4 is 5.32 Å². The Kier molecular flexibility index (Phi) is 3.63. The van der Waals surface area contributed by atoms with Crippen LogP contribution in [0.25, 0.3) is 0 Å². The summed E-state index contributed by atoms with van der Waals surface area (Å²) in [6.45, 7) is 1.79. The molecule has 18 heavy (non-hydrogen) atoms. The van der Waals surface area contributed by atoms with Crippen LogP contribution in [-0.2, 0) is 14.6 Å². The Morgan fingerprint density at radius 2 is 2.39 bits per heavy atom. The van der Waals surface area contributed by atoms with Crippen molar-refractivity contribution in [1.29, 1.82) is 0 Å². The smallest absolute Gasteiger partial charge is 0.240 e. The minimum absolute atomic E-state index is 0.0673. The van der Waals surface area contributed by atoms with Gasteiger partial charge in [0.2, 0.25) is 5.91 Å². The van der Waals surface area contributed by atoms with Gasteiger partial charge in [0, 0.05) is 6.07 Å². The molecule has 1 N–H and O–H groups in total. The van der Waals surface area contributed by atoms with Gasteiger partial charge in [-0.3, -0.25) is 4.79 Å². The molecule has 1 aliphatic rings. The highest BCUT2D eigenvalue weighted by atomic mass is 35.5. The molecule has 0 aliphatic carbocycles. The zero-order chi connectivity index (χ0) is 13.3. The molecule has 1 aromatic rings. The second-order valence-electron chi connectivity index (χ2n) is 4.35. The number of hydrogen-bond donors (Lipinski definition) is 1. The van der Waals surface area contributed by atoms with Crippen molar-refractivity contribution in [3.8, 4) is 0 Å². The normalized spacial score (nSPS) is 22.0. The van der Waals surface area contributed by atoms with Crippen LogP contribution in [0.4, 0.5) is 5.82 Å². The topological polar surface area (TPSA) is 81.1 Å². The van der Waals surface area contributed by atoms with Gasteiger partial charge in [0.1, 0.15) is 11.7 Å². The summed E-state index contributed by atoms with van der Waals surface area (Å²) in [6.07, 6.45) is 0.521. The first kappa shape index (κ1) is 13.4. The van der Waals surface area contributed by atoms with E-state index in [0.29, 0.717) is 12.2 Å². The molecule has 1 atom stereocenters. The van der Waals surface area contributed by atoms with Gasteiger partial charge in [0.15, 0.2) is 9.84 Å². The summed E-state index contributed by atoms with van der Waals surface area (Å²) < 4.78 is 24.5. The summed E-state index contributed by atoms with van der Waals surface area (Å²) in [6, 6.07) is 1.49. The number of rotatable bonds is 3. The summed E-state index contributed by atoms with van der Waals surface area (Å²) in [4.78, 5) is 11.3. The van der Waals surface area contributed by atoms with Gasteiger partial charge in [-0.05, 0) is 13.3 Å². The molecule has 2 heterocycles. The van der Waals surface area contributed by atoms with E-state index in [1.54, 1.807) is 17.7 Å². The molecule has 8 heteroatoms. The lowest BCUT2D eigenvalue weighted by atomic mass is 10.3. The number of carbonyl (C=O) groups excluding carboxylic acids is 1. The van der Waals surface area contributed by atoms with E-state index in [-0.39, 0.29) is 29.3 Å². The van der Waals surface area contributed by atoms with Crippen molar-refractivity contribution in [1.82, 2.24) is 9.78 Å². The molecular formula is C10H14ClN3O3S. The fourth-order valence-corrected chi connectivity index (χ4v) is 3.79. The van der Waals surface area contributed by atoms with Crippen LogP contribution >= 0.6 is 11.6 Å². The first-order chi connectivity index (χ1) is 8.41. The molecule has 1 amide bonds. The molecule has 1 saturated heterocycles. The van der Waals surface area contributed by atoms with Crippen LogP contribution in [0.15, 0.2) is 6.07 Å². The highest BCUT2D eigenvalue weighted by Gasteiger charge is 2.31. The van der Waals surface area contributed by atoms with E-state index in [1.807, 2.05) is 0 Å². The number of anilines is 1. The predicted octanol–water partition coefficient (Wildman–Crippen LogP) is 0.728. The summed E-state index contributed by atoms with van der Waals surface area (Å²) in [5.74, 6) is 0.253. The van der Waals surface area contributed by atoms with Crippen molar-refractivity contribution in [3.63, 3.8) is 0 Å². The van der Waals surface area contributed by atoms with Crippen molar-refractivity contribution >= 4 is 33.2 Å². The van der Waals surface area contributed by atoms with E-state index in [4.69, 9.17) is 11.6 Å². The average Bonchev–Trinajstić information content (AvgIpc) is 2.81. The Morgan fingerprint density at radius 1 is 1.67 bits per heavy atom. The number of carbonyl (C=O) groups is 1. The molecule has 0 saturated carbocycles. The van der Waals surface area contributed by atoms with Gasteiger partial charge in [0.05, 0.1) is 23.2 Å². The number of alkyl halides is 1. The molecule has 0 radical (unpaired) electrons. The minimum atomic E-state index is -2.98.